The lowest BCUT2D eigenvalue weighted by Gasteiger charge is -2.09. The summed E-state index contributed by atoms with van der Waals surface area (Å²) < 4.78 is 2.43. The van der Waals surface area contributed by atoms with Gasteiger partial charge in [0.2, 0.25) is 11.2 Å². The summed E-state index contributed by atoms with van der Waals surface area (Å²) in [5.74, 6) is 0.707. The van der Waals surface area contributed by atoms with E-state index >= 15 is 0 Å². The number of benzene rings is 1. The number of rotatable bonds is 3. The van der Waals surface area contributed by atoms with Gasteiger partial charge >= 0.3 is 0 Å². The van der Waals surface area contributed by atoms with Crippen molar-refractivity contribution in [1.82, 2.24) is 24.7 Å². The molecule has 6 nitrogen and oxygen atoms in total. The quantitative estimate of drug-likeness (QED) is 0.769. The van der Waals surface area contributed by atoms with Crippen LogP contribution in [0, 0.1) is 6.92 Å². The summed E-state index contributed by atoms with van der Waals surface area (Å²) in [6.07, 6.45) is 3.37. The molecule has 106 valence electrons. The summed E-state index contributed by atoms with van der Waals surface area (Å²) in [7, 11) is 0. The summed E-state index contributed by atoms with van der Waals surface area (Å²) >= 11 is 9.43. The van der Waals surface area contributed by atoms with Crippen molar-refractivity contribution in [2.75, 3.05) is 5.32 Å². The zero-order valence-electron chi connectivity index (χ0n) is 11.0. The van der Waals surface area contributed by atoms with Gasteiger partial charge in [-0.1, -0.05) is 6.07 Å². The van der Waals surface area contributed by atoms with Crippen molar-refractivity contribution < 1.29 is 0 Å². The van der Waals surface area contributed by atoms with Crippen LogP contribution in [0.5, 0.6) is 0 Å². The van der Waals surface area contributed by atoms with Crippen LogP contribution in [0.3, 0.4) is 0 Å². The predicted molar refractivity (Wildman–Crippen MR) is 84.1 cm³/mol. The second-order valence-corrected chi connectivity index (χ2v) is 5.48. The van der Waals surface area contributed by atoms with Crippen molar-refractivity contribution in [3.8, 4) is 5.95 Å². The number of hydrogen-bond acceptors (Lipinski definition) is 5. The Kier molecular flexibility index (Phi) is 3.85. The van der Waals surface area contributed by atoms with Crippen molar-refractivity contribution in [3.63, 3.8) is 0 Å². The number of hydrogen-bond donors (Lipinski definition) is 1. The van der Waals surface area contributed by atoms with Crippen LogP contribution in [0.2, 0.25) is 5.28 Å². The fraction of sp³-hybridized carbons (Fsp3) is 0.0769. The average molecular weight is 366 g/mol. The summed E-state index contributed by atoms with van der Waals surface area (Å²) in [6, 6.07) is 7.72. The smallest absolute Gasteiger partial charge is 0.256 e. The molecular formula is C13H10BrClN6. The van der Waals surface area contributed by atoms with Crippen LogP contribution in [0.15, 0.2) is 41.1 Å². The number of halogens is 2. The van der Waals surface area contributed by atoms with Crippen molar-refractivity contribution in [2.45, 2.75) is 6.92 Å². The highest BCUT2D eigenvalue weighted by molar-refractivity contribution is 9.10. The molecule has 0 fully saturated rings. The van der Waals surface area contributed by atoms with Gasteiger partial charge in [-0.15, -0.1) is 0 Å². The number of aromatic nitrogens is 5. The van der Waals surface area contributed by atoms with Crippen molar-refractivity contribution in [3.05, 3.63) is 52.0 Å². The first kappa shape index (κ1) is 14.0. The maximum Gasteiger partial charge on any atom is 0.256 e. The Morgan fingerprint density at radius 3 is 2.86 bits per heavy atom. The van der Waals surface area contributed by atoms with Gasteiger partial charge in [0.1, 0.15) is 0 Å². The molecule has 2 aromatic heterocycles. The second kappa shape index (κ2) is 5.79. The van der Waals surface area contributed by atoms with Gasteiger partial charge in [0, 0.05) is 16.9 Å². The molecule has 1 N–H and O–H groups in total. The molecule has 0 aliphatic heterocycles. The minimum absolute atomic E-state index is 0.0989. The minimum Gasteiger partial charge on any atom is -0.323 e. The van der Waals surface area contributed by atoms with Crippen molar-refractivity contribution >= 4 is 39.2 Å². The standard InChI is InChI=1S/C13H10BrClN6/c1-8-3-4-9(14)10(7-8)17-12-18-11(15)19-13(20-12)21-6-2-5-16-21/h2-7H,1H3,(H,17,18,19,20). The first-order valence-corrected chi connectivity index (χ1v) is 7.24. The number of aryl methyl sites for hydroxylation is 1. The SMILES string of the molecule is Cc1ccc(Br)c(Nc2nc(Cl)nc(-n3cccn3)n2)c1. The molecule has 0 radical (unpaired) electrons. The molecule has 21 heavy (non-hydrogen) atoms. The monoisotopic (exact) mass is 364 g/mol. The molecule has 3 rings (SSSR count). The highest BCUT2D eigenvalue weighted by Gasteiger charge is 2.09. The molecule has 0 amide bonds. The molecule has 0 atom stereocenters. The number of nitrogens with zero attached hydrogens (tertiary/aromatic N) is 5. The third-order valence-electron chi connectivity index (χ3n) is 2.67. The Balaban J connectivity index is 1.97. The van der Waals surface area contributed by atoms with Gasteiger partial charge in [-0.2, -0.15) is 20.1 Å². The van der Waals surface area contributed by atoms with Crippen molar-refractivity contribution in [1.29, 1.82) is 0 Å². The van der Waals surface area contributed by atoms with Gasteiger partial charge in [0.05, 0.1) is 5.69 Å². The van der Waals surface area contributed by atoms with Crippen LogP contribution in [0.1, 0.15) is 5.56 Å². The minimum atomic E-state index is 0.0989. The van der Waals surface area contributed by atoms with E-state index in [1.54, 1.807) is 18.5 Å². The molecule has 1 aromatic carbocycles. The molecule has 0 saturated heterocycles. The lowest BCUT2D eigenvalue weighted by atomic mass is 10.2. The topological polar surface area (TPSA) is 68.5 Å². The normalized spacial score (nSPS) is 10.6. The van der Waals surface area contributed by atoms with E-state index in [9.17, 15) is 0 Å². The summed E-state index contributed by atoms with van der Waals surface area (Å²) in [5, 5.41) is 7.30. The second-order valence-electron chi connectivity index (χ2n) is 4.29. The number of anilines is 2. The third kappa shape index (κ3) is 3.20. The van der Waals surface area contributed by atoms with Crippen LogP contribution in [0.25, 0.3) is 5.95 Å². The van der Waals surface area contributed by atoms with Gasteiger partial charge in [-0.25, -0.2) is 4.68 Å². The summed E-state index contributed by atoms with van der Waals surface area (Å²) in [5.41, 5.74) is 1.97. The lowest BCUT2D eigenvalue weighted by molar-refractivity contribution is 0.798. The Labute approximate surface area is 134 Å². The Morgan fingerprint density at radius 1 is 1.24 bits per heavy atom. The molecule has 0 aliphatic carbocycles. The van der Waals surface area contributed by atoms with Crippen LogP contribution in [-0.2, 0) is 0 Å². The third-order valence-corrected chi connectivity index (χ3v) is 3.53. The summed E-state index contributed by atoms with van der Waals surface area (Å²) in [4.78, 5) is 12.4. The molecule has 8 heteroatoms. The number of nitrogens with one attached hydrogen (secondary N) is 1. The Bertz CT molecular complexity index is 774. The lowest BCUT2D eigenvalue weighted by Crippen LogP contribution is -2.07. The van der Waals surface area contributed by atoms with Gasteiger partial charge < -0.3 is 5.32 Å². The van der Waals surface area contributed by atoms with E-state index in [1.807, 2.05) is 25.1 Å². The fourth-order valence-electron chi connectivity index (χ4n) is 1.74. The van der Waals surface area contributed by atoms with E-state index in [0.717, 1.165) is 15.7 Å². The molecule has 0 spiro atoms. The van der Waals surface area contributed by atoms with Gasteiger partial charge in [0.15, 0.2) is 0 Å². The zero-order chi connectivity index (χ0) is 14.8. The van der Waals surface area contributed by atoms with E-state index in [4.69, 9.17) is 11.6 Å². The Morgan fingerprint density at radius 2 is 2.10 bits per heavy atom. The van der Waals surface area contributed by atoms with Gasteiger partial charge in [-0.05, 0) is 58.2 Å². The maximum absolute atomic E-state index is 5.95. The predicted octanol–water partition coefficient (Wildman–Crippen LogP) is 3.53. The van der Waals surface area contributed by atoms with E-state index in [1.165, 1.54) is 4.68 Å². The maximum atomic E-state index is 5.95. The first-order chi connectivity index (χ1) is 10.1. The molecule has 3 aromatic rings. The molecule has 0 aliphatic rings. The average Bonchev–Trinajstić information content (AvgIpc) is 2.96. The van der Waals surface area contributed by atoms with Crippen LogP contribution >= 0.6 is 27.5 Å². The highest BCUT2D eigenvalue weighted by atomic mass is 79.9. The van der Waals surface area contributed by atoms with Crippen LogP contribution < -0.4 is 5.32 Å². The van der Waals surface area contributed by atoms with E-state index < -0.39 is 0 Å². The Hall–Kier alpha value is -1.99. The van der Waals surface area contributed by atoms with E-state index in [2.05, 4.69) is 41.3 Å². The molecule has 0 bridgehead atoms. The molecule has 2 heterocycles. The van der Waals surface area contributed by atoms with Crippen LogP contribution in [-0.4, -0.2) is 24.7 Å². The van der Waals surface area contributed by atoms with E-state index in [0.29, 0.717) is 11.9 Å². The first-order valence-electron chi connectivity index (χ1n) is 6.06. The molecule has 0 saturated carbocycles. The largest absolute Gasteiger partial charge is 0.323 e. The highest BCUT2D eigenvalue weighted by Crippen LogP contribution is 2.26. The summed E-state index contributed by atoms with van der Waals surface area (Å²) in [6.45, 7) is 2.01. The van der Waals surface area contributed by atoms with Gasteiger partial charge in [-0.3, -0.25) is 0 Å². The zero-order valence-corrected chi connectivity index (χ0v) is 13.3. The van der Waals surface area contributed by atoms with Crippen molar-refractivity contribution in [2.24, 2.45) is 0 Å². The molecular weight excluding hydrogens is 356 g/mol. The van der Waals surface area contributed by atoms with Crippen LogP contribution in [0.4, 0.5) is 11.6 Å². The van der Waals surface area contributed by atoms with Gasteiger partial charge in [0.25, 0.3) is 5.95 Å². The van der Waals surface area contributed by atoms with E-state index in [-0.39, 0.29) is 5.28 Å². The fourth-order valence-corrected chi connectivity index (χ4v) is 2.24. The molecule has 0 unspecified atom stereocenters.